The highest BCUT2D eigenvalue weighted by Crippen LogP contribution is 2.40. The summed E-state index contributed by atoms with van der Waals surface area (Å²) in [5.74, 6) is 0.902. The lowest BCUT2D eigenvalue weighted by molar-refractivity contribution is 0.134. The van der Waals surface area contributed by atoms with Gasteiger partial charge < -0.3 is 20.1 Å². The summed E-state index contributed by atoms with van der Waals surface area (Å²) in [4.78, 5) is 4.78. The van der Waals surface area contributed by atoms with Crippen molar-refractivity contribution in [2.75, 3.05) is 33.4 Å². The van der Waals surface area contributed by atoms with Crippen LogP contribution >= 0.6 is 24.0 Å². The van der Waals surface area contributed by atoms with Crippen molar-refractivity contribution in [3.8, 4) is 0 Å². The molecule has 2 rings (SSSR count). The molecule has 0 atom stereocenters. The molecule has 0 bridgehead atoms. The van der Waals surface area contributed by atoms with E-state index in [1.165, 1.54) is 36.8 Å². The first-order valence-corrected chi connectivity index (χ1v) is 10.4. The molecule has 0 radical (unpaired) electrons. The van der Waals surface area contributed by atoms with Crippen LogP contribution < -0.4 is 10.6 Å². The zero-order chi connectivity index (χ0) is 19.4. The first-order chi connectivity index (χ1) is 13.2. The summed E-state index contributed by atoms with van der Waals surface area (Å²) in [7, 11) is 1.79. The average molecular weight is 503 g/mol. The molecular formula is C22H38IN3O2. The lowest BCUT2D eigenvalue weighted by atomic mass is 9.83. The van der Waals surface area contributed by atoms with Gasteiger partial charge in [-0.05, 0) is 49.7 Å². The molecule has 1 aliphatic carbocycles. The molecule has 5 nitrogen and oxygen atoms in total. The molecule has 160 valence electrons. The third-order valence-electron chi connectivity index (χ3n) is 5.39. The Bertz CT molecular complexity index is 557. The third-order valence-corrected chi connectivity index (χ3v) is 5.39. The predicted octanol–water partition coefficient (Wildman–Crippen LogP) is 4.49. The van der Waals surface area contributed by atoms with E-state index in [2.05, 4.69) is 41.8 Å². The molecule has 0 heterocycles. The van der Waals surface area contributed by atoms with E-state index in [-0.39, 0.29) is 24.0 Å². The van der Waals surface area contributed by atoms with E-state index < -0.39 is 0 Å². The number of rotatable bonds is 11. The molecule has 0 aliphatic heterocycles. The molecule has 0 saturated heterocycles. The van der Waals surface area contributed by atoms with Gasteiger partial charge in [0.15, 0.2) is 5.96 Å². The summed E-state index contributed by atoms with van der Waals surface area (Å²) in [6, 6.07) is 8.52. The van der Waals surface area contributed by atoms with E-state index in [1.54, 1.807) is 7.11 Å². The summed E-state index contributed by atoms with van der Waals surface area (Å²) in [6.45, 7) is 8.89. The van der Waals surface area contributed by atoms with E-state index in [9.17, 15) is 0 Å². The molecule has 1 saturated carbocycles. The Morgan fingerprint density at radius 1 is 1.07 bits per heavy atom. The number of ether oxygens (including phenoxy) is 2. The van der Waals surface area contributed by atoms with Crippen LogP contribution in [0.1, 0.15) is 57.1 Å². The van der Waals surface area contributed by atoms with Crippen LogP contribution in [0, 0.1) is 5.41 Å². The van der Waals surface area contributed by atoms with Crippen molar-refractivity contribution in [1.82, 2.24) is 10.6 Å². The summed E-state index contributed by atoms with van der Waals surface area (Å²) < 4.78 is 10.8. The van der Waals surface area contributed by atoms with Gasteiger partial charge >= 0.3 is 0 Å². The molecule has 1 fully saturated rings. The molecule has 0 spiro atoms. The van der Waals surface area contributed by atoms with Crippen molar-refractivity contribution >= 4 is 29.9 Å². The first kappa shape index (κ1) is 25.2. The fourth-order valence-electron chi connectivity index (χ4n) is 3.70. The van der Waals surface area contributed by atoms with Gasteiger partial charge in [-0.2, -0.15) is 0 Å². The van der Waals surface area contributed by atoms with Crippen LogP contribution in [0.15, 0.2) is 29.3 Å². The van der Waals surface area contributed by atoms with Crippen LogP contribution in [0.25, 0.3) is 0 Å². The van der Waals surface area contributed by atoms with Crippen LogP contribution in [0.3, 0.4) is 0 Å². The Hall–Kier alpha value is -0.860. The topological polar surface area (TPSA) is 54.9 Å². The smallest absolute Gasteiger partial charge is 0.191 e. The lowest BCUT2D eigenvalue weighted by Gasteiger charge is -2.30. The van der Waals surface area contributed by atoms with Gasteiger partial charge in [0.1, 0.15) is 0 Å². The normalized spacial score (nSPS) is 15.9. The Kier molecular flexibility index (Phi) is 12.7. The van der Waals surface area contributed by atoms with Crippen LogP contribution in [-0.4, -0.2) is 39.4 Å². The monoisotopic (exact) mass is 503 g/mol. The number of aliphatic imine (C=N–C) groups is 1. The summed E-state index contributed by atoms with van der Waals surface area (Å²) in [6.07, 6.45) is 6.34. The largest absolute Gasteiger partial charge is 0.385 e. The molecule has 1 aliphatic rings. The minimum Gasteiger partial charge on any atom is -0.385 e. The van der Waals surface area contributed by atoms with Gasteiger partial charge in [0.2, 0.25) is 0 Å². The fourth-order valence-corrected chi connectivity index (χ4v) is 3.70. The minimum atomic E-state index is 0. The number of hydrogen-bond acceptors (Lipinski definition) is 3. The highest BCUT2D eigenvalue weighted by Gasteiger charge is 2.33. The van der Waals surface area contributed by atoms with E-state index in [4.69, 9.17) is 14.5 Å². The van der Waals surface area contributed by atoms with Crippen molar-refractivity contribution in [1.29, 1.82) is 0 Å². The Morgan fingerprint density at radius 2 is 1.75 bits per heavy atom. The second-order valence-electron chi connectivity index (χ2n) is 7.45. The maximum Gasteiger partial charge on any atom is 0.191 e. The molecule has 0 unspecified atom stereocenters. The summed E-state index contributed by atoms with van der Waals surface area (Å²) in [5.41, 5.74) is 2.77. The number of nitrogens with one attached hydrogen (secondary N) is 2. The van der Waals surface area contributed by atoms with Crippen molar-refractivity contribution < 1.29 is 9.47 Å². The van der Waals surface area contributed by atoms with Crippen LogP contribution in [-0.2, 0) is 22.6 Å². The Balaban J connectivity index is 0.00000392. The second-order valence-corrected chi connectivity index (χ2v) is 7.45. The quantitative estimate of drug-likeness (QED) is 0.266. The molecule has 2 N–H and O–H groups in total. The Morgan fingerprint density at radius 3 is 2.36 bits per heavy atom. The maximum absolute atomic E-state index is 5.45. The highest BCUT2D eigenvalue weighted by molar-refractivity contribution is 14.0. The molecule has 1 aromatic rings. The number of benzene rings is 1. The van der Waals surface area contributed by atoms with Crippen LogP contribution in [0.5, 0.6) is 0 Å². The molecule has 28 heavy (non-hydrogen) atoms. The average Bonchev–Trinajstić information content (AvgIpc) is 3.17. The molecular weight excluding hydrogens is 465 g/mol. The van der Waals surface area contributed by atoms with Crippen molar-refractivity contribution in [3.63, 3.8) is 0 Å². The van der Waals surface area contributed by atoms with E-state index >= 15 is 0 Å². The molecule has 0 aromatic heterocycles. The molecule has 6 heteroatoms. The molecule has 1 aromatic carbocycles. The predicted molar refractivity (Wildman–Crippen MR) is 127 cm³/mol. The van der Waals surface area contributed by atoms with Gasteiger partial charge in [-0.1, -0.05) is 37.1 Å². The van der Waals surface area contributed by atoms with E-state index in [0.717, 1.165) is 38.7 Å². The third kappa shape index (κ3) is 8.66. The number of methoxy groups -OCH3 is 1. The van der Waals surface area contributed by atoms with Crippen molar-refractivity contribution in [2.24, 2.45) is 10.4 Å². The van der Waals surface area contributed by atoms with Crippen LogP contribution in [0.4, 0.5) is 0 Å². The van der Waals surface area contributed by atoms with Crippen LogP contribution in [0.2, 0.25) is 0 Å². The van der Waals surface area contributed by atoms with Gasteiger partial charge in [-0.25, -0.2) is 4.99 Å². The van der Waals surface area contributed by atoms with Gasteiger partial charge in [-0.15, -0.1) is 24.0 Å². The summed E-state index contributed by atoms with van der Waals surface area (Å²) >= 11 is 0. The van der Waals surface area contributed by atoms with E-state index in [0.29, 0.717) is 18.6 Å². The van der Waals surface area contributed by atoms with Gasteiger partial charge in [0.05, 0.1) is 13.2 Å². The maximum atomic E-state index is 5.45. The Labute approximate surface area is 188 Å². The lowest BCUT2D eigenvalue weighted by Crippen LogP contribution is -2.43. The number of hydrogen-bond donors (Lipinski definition) is 2. The van der Waals surface area contributed by atoms with Gasteiger partial charge in [0.25, 0.3) is 0 Å². The standard InChI is InChI=1S/C22H37N3O2.HI/c1-4-23-21(25-18-22(14-15-26-3)12-6-7-13-22)24-16-19-8-10-20(11-9-19)17-27-5-2;/h8-11H,4-7,12-18H2,1-3H3,(H2,23,24,25);1H. The first-order valence-electron chi connectivity index (χ1n) is 10.4. The number of nitrogens with zero attached hydrogens (tertiary/aromatic N) is 1. The zero-order valence-electron chi connectivity index (χ0n) is 17.8. The SMILES string of the molecule is CCNC(=NCc1ccc(COCC)cc1)NCC1(CCOC)CCCC1.I. The van der Waals surface area contributed by atoms with E-state index in [1.807, 2.05) is 6.92 Å². The highest BCUT2D eigenvalue weighted by atomic mass is 127. The fraction of sp³-hybridized carbons (Fsp3) is 0.682. The summed E-state index contributed by atoms with van der Waals surface area (Å²) in [5, 5.41) is 6.96. The second kappa shape index (κ2) is 14.2. The number of guanidine groups is 1. The van der Waals surface area contributed by atoms with Gasteiger partial charge in [0, 0.05) is 33.4 Å². The molecule has 0 amide bonds. The van der Waals surface area contributed by atoms with Crippen molar-refractivity contribution in [3.05, 3.63) is 35.4 Å². The van der Waals surface area contributed by atoms with Crippen molar-refractivity contribution in [2.45, 2.75) is 59.1 Å². The minimum absolute atomic E-state index is 0. The number of halogens is 1. The zero-order valence-corrected chi connectivity index (χ0v) is 20.1. The van der Waals surface area contributed by atoms with Gasteiger partial charge in [-0.3, -0.25) is 0 Å².